The van der Waals surface area contributed by atoms with E-state index in [2.05, 4.69) is 16.9 Å². The topological polar surface area (TPSA) is 49.0 Å². The van der Waals surface area contributed by atoms with Gasteiger partial charge >= 0.3 is 6.18 Å². The summed E-state index contributed by atoms with van der Waals surface area (Å²) in [4.78, 5) is 21.6. The standard InChI is InChI=1S/C22H20F3N3O/c1-13(9-20-14(2)26-12-27-20)15-5-3-6-16(10-15)28-11-18-17(21(28)29)7-4-8-19(18)22(23,24)25/h3-8,10,12-13H,9,11H2,1-2H3,(H,26,27)/t13-/m1/s1. The second-order valence-electron chi connectivity index (χ2n) is 7.40. The Morgan fingerprint density at radius 1 is 1.21 bits per heavy atom. The fourth-order valence-corrected chi connectivity index (χ4v) is 3.81. The van der Waals surface area contributed by atoms with Gasteiger partial charge in [0, 0.05) is 16.9 Å². The lowest BCUT2D eigenvalue weighted by Gasteiger charge is -2.19. The van der Waals surface area contributed by atoms with Crippen molar-refractivity contribution in [1.82, 2.24) is 9.97 Å². The summed E-state index contributed by atoms with van der Waals surface area (Å²) >= 11 is 0. The van der Waals surface area contributed by atoms with Crippen LogP contribution in [0.15, 0.2) is 48.8 Å². The number of imidazole rings is 1. The first-order valence-corrected chi connectivity index (χ1v) is 9.35. The Labute approximate surface area is 166 Å². The number of aromatic amines is 1. The van der Waals surface area contributed by atoms with Crippen LogP contribution in [0.2, 0.25) is 0 Å². The molecule has 29 heavy (non-hydrogen) atoms. The third-order valence-corrected chi connectivity index (χ3v) is 5.46. The van der Waals surface area contributed by atoms with Crippen molar-refractivity contribution in [3.05, 3.63) is 82.4 Å². The maximum Gasteiger partial charge on any atom is 0.416 e. The number of aryl methyl sites for hydroxylation is 1. The van der Waals surface area contributed by atoms with Gasteiger partial charge in [-0.15, -0.1) is 0 Å². The molecule has 0 bridgehead atoms. The molecule has 0 spiro atoms. The van der Waals surface area contributed by atoms with Crippen LogP contribution in [0, 0.1) is 6.92 Å². The highest BCUT2D eigenvalue weighted by atomic mass is 19.4. The molecule has 1 aliphatic rings. The van der Waals surface area contributed by atoms with Crippen molar-refractivity contribution in [2.24, 2.45) is 0 Å². The van der Waals surface area contributed by atoms with Crippen LogP contribution in [0.4, 0.5) is 18.9 Å². The SMILES string of the molecule is Cc1[nH]cnc1C[C@@H](C)c1cccc(N2Cc3c(cccc3C(F)(F)F)C2=O)c1. The summed E-state index contributed by atoms with van der Waals surface area (Å²) in [5.74, 6) is -0.262. The number of nitrogens with zero attached hydrogens (tertiary/aromatic N) is 2. The number of nitrogens with one attached hydrogen (secondary N) is 1. The van der Waals surface area contributed by atoms with E-state index in [0.717, 1.165) is 29.4 Å². The first-order chi connectivity index (χ1) is 13.8. The van der Waals surface area contributed by atoms with Crippen molar-refractivity contribution < 1.29 is 18.0 Å². The number of anilines is 1. The number of amides is 1. The highest BCUT2D eigenvalue weighted by Crippen LogP contribution is 2.38. The molecule has 2 aromatic carbocycles. The third kappa shape index (κ3) is 3.52. The van der Waals surface area contributed by atoms with Gasteiger partial charge in [0.15, 0.2) is 0 Å². The second-order valence-corrected chi connectivity index (χ2v) is 7.40. The van der Waals surface area contributed by atoms with Crippen molar-refractivity contribution in [2.75, 3.05) is 4.90 Å². The van der Waals surface area contributed by atoms with E-state index in [9.17, 15) is 18.0 Å². The summed E-state index contributed by atoms with van der Waals surface area (Å²) in [7, 11) is 0. The molecule has 1 N–H and O–H groups in total. The smallest absolute Gasteiger partial charge is 0.348 e. The molecule has 0 fully saturated rings. The summed E-state index contributed by atoms with van der Waals surface area (Å²) in [6, 6.07) is 11.2. The maximum absolute atomic E-state index is 13.3. The molecule has 1 aliphatic heterocycles. The molecule has 1 atom stereocenters. The lowest BCUT2D eigenvalue weighted by Crippen LogP contribution is -2.23. The number of carbonyl (C=O) groups excluding carboxylic acids is 1. The van der Waals surface area contributed by atoms with E-state index in [1.54, 1.807) is 12.4 Å². The minimum atomic E-state index is -4.49. The third-order valence-electron chi connectivity index (χ3n) is 5.46. The molecular weight excluding hydrogens is 379 g/mol. The van der Waals surface area contributed by atoms with Crippen LogP contribution in [0.3, 0.4) is 0 Å². The van der Waals surface area contributed by atoms with E-state index in [1.165, 1.54) is 17.0 Å². The van der Waals surface area contributed by atoms with E-state index in [4.69, 9.17) is 0 Å². The molecule has 0 saturated heterocycles. The summed E-state index contributed by atoms with van der Waals surface area (Å²) in [6.45, 7) is 3.94. The average molecular weight is 399 g/mol. The molecule has 2 heterocycles. The first-order valence-electron chi connectivity index (χ1n) is 9.35. The number of benzene rings is 2. The van der Waals surface area contributed by atoms with Gasteiger partial charge in [0.25, 0.3) is 5.91 Å². The minimum Gasteiger partial charge on any atom is -0.348 e. The average Bonchev–Trinajstić information content (AvgIpc) is 3.24. The summed E-state index contributed by atoms with van der Waals surface area (Å²) < 4.78 is 40.0. The number of carbonyl (C=O) groups is 1. The Hall–Kier alpha value is -3.09. The van der Waals surface area contributed by atoms with Crippen LogP contribution in [-0.2, 0) is 19.1 Å². The van der Waals surface area contributed by atoms with E-state index < -0.39 is 17.6 Å². The normalized spacial score (nSPS) is 14.9. The van der Waals surface area contributed by atoms with Gasteiger partial charge in [0.05, 0.1) is 24.1 Å². The molecular formula is C22H20F3N3O. The van der Waals surface area contributed by atoms with Crippen molar-refractivity contribution in [3.63, 3.8) is 0 Å². The van der Waals surface area contributed by atoms with Crippen LogP contribution in [0.5, 0.6) is 0 Å². The van der Waals surface area contributed by atoms with Crippen LogP contribution >= 0.6 is 0 Å². The predicted octanol–water partition coefficient (Wildman–Crippen LogP) is 5.24. The van der Waals surface area contributed by atoms with Crippen molar-refractivity contribution in [1.29, 1.82) is 0 Å². The highest BCUT2D eigenvalue weighted by Gasteiger charge is 2.39. The van der Waals surface area contributed by atoms with Gasteiger partial charge in [-0.05, 0) is 54.7 Å². The van der Waals surface area contributed by atoms with E-state index in [1.807, 2.05) is 25.1 Å². The van der Waals surface area contributed by atoms with Crippen LogP contribution < -0.4 is 4.90 Å². The van der Waals surface area contributed by atoms with E-state index >= 15 is 0 Å². The number of alkyl halides is 3. The van der Waals surface area contributed by atoms with Crippen LogP contribution in [0.25, 0.3) is 0 Å². The first kappa shape index (κ1) is 19.2. The Balaban J connectivity index is 1.62. The number of H-pyrrole nitrogens is 1. The van der Waals surface area contributed by atoms with Crippen molar-refractivity contribution >= 4 is 11.6 Å². The molecule has 7 heteroatoms. The van der Waals surface area contributed by atoms with Gasteiger partial charge in [0.2, 0.25) is 0 Å². The molecule has 0 aliphatic carbocycles. The maximum atomic E-state index is 13.3. The predicted molar refractivity (Wildman–Crippen MR) is 104 cm³/mol. The fraction of sp³-hybridized carbons (Fsp3) is 0.273. The number of rotatable bonds is 4. The molecule has 1 amide bonds. The molecule has 150 valence electrons. The van der Waals surface area contributed by atoms with Gasteiger partial charge in [-0.25, -0.2) is 4.98 Å². The van der Waals surface area contributed by atoms with E-state index in [-0.39, 0.29) is 23.6 Å². The Morgan fingerprint density at radius 2 is 1.97 bits per heavy atom. The summed E-state index contributed by atoms with van der Waals surface area (Å²) in [5, 5.41) is 0. The zero-order valence-electron chi connectivity index (χ0n) is 16.0. The van der Waals surface area contributed by atoms with Crippen LogP contribution in [0.1, 0.15) is 51.3 Å². The molecule has 4 nitrogen and oxygen atoms in total. The van der Waals surface area contributed by atoms with Gasteiger partial charge in [0.1, 0.15) is 0 Å². The Bertz CT molecular complexity index is 1070. The number of hydrogen-bond acceptors (Lipinski definition) is 2. The number of aromatic nitrogens is 2. The number of fused-ring (bicyclic) bond motifs is 1. The molecule has 1 aromatic heterocycles. The van der Waals surface area contributed by atoms with Gasteiger partial charge in [-0.1, -0.05) is 25.1 Å². The second kappa shape index (κ2) is 7.06. The zero-order chi connectivity index (χ0) is 20.8. The molecule has 0 unspecified atom stereocenters. The molecule has 4 rings (SSSR count). The zero-order valence-corrected chi connectivity index (χ0v) is 16.0. The lowest BCUT2D eigenvalue weighted by molar-refractivity contribution is -0.138. The number of halogens is 3. The quantitative estimate of drug-likeness (QED) is 0.652. The Morgan fingerprint density at radius 3 is 2.66 bits per heavy atom. The summed E-state index contributed by atoms with van der Waals surface area (Å²) in [6.07, 6.45) is -2.10. The summed E-state index contributed by atoms with van der Waals surface area (Å²) in [5.41, 5.74) is 3.00. The van der Waals surface area contributed by atoms with Crippen LogP contribution in [-0.4, -0.2) is 15.9 Å². The van der Waals surface area contributed by atoms with Gasteiger partial charge in [-0.3, -0.25) is 4.79 Å². The minimum absolute atomic E-state index is 0.0376. The lowest BCUT2D eigenvalue weighted by atomic mass is 9.95. The van der Waals surface area contributed by atoms with Crippen molar-refractivity contribution in [2.45, 2.75) is 38.9 Å². The van der Waals surface area contributed by atoms with Crippen molar-refractivity contribution in [3.8, 4) is 0 Å². The van der Waals surface area contributed by atoms with Gasteiger partial charge in [-0.2, -0.15) is 13.2 Å². The monoisotopic (exact) mass is 399 g/mol. The molecule has 0 saturated carbocycles. The molecule has 3 aromatic rings. The largest absolute Gasteiger partial charge is 0.416 e. The van der Waals surface area contributed by atoms with Gasteiger partial charge < -0.3 is 9.88 Å². The van der Waals surface area contributed by atoms with E-state index in [0.29, 0.717) is 5.69 Å². The highest BCUT2D eigenvalue weighted by molar-refractivity contribution is 6.10. The fourth-order valence-electron chi connectivity index (χ4n) is 3.81. The Kier molecular flexibility index (Phi) is 4.68. The number of hydrogen-bond donors (Lipinski definition) is 1. The molecule has 0 radical (unpaired) electrons.